The molecule has 0 spiro atoms. The van der Waals surface area contributed by atoms with Crippen molar-refractivity contribution in [1.29, 1.82) is 0 Å². The SMILES string of the molecule is COC(=O)C1(c2cnc3ccccc3c2)CC1. The molecule has 1 aromatic heterocycles. The Bertz CT molecular complexity index is 588. The van der Waals surface area contributed by atoms with E-state index < -0.39 is 5.41 Å². The second kappa shape index (κ2) is 3.55. The van der Waals surface area contributed by atoms with Gasteiger partial charge in [0.2, 0.25) is 0 Å². The van der Waals surface area contributed by atoms with Crippen LogP contribution in [-0.4, -0.2) is 18.1 Å². The van der Waals surface area contributed by atoms with Gasteiger partial charge >= 0.3 is 5.97 Å². The molecule has 0 bridgehead atoms. The highest BCUT2D eigenvalue weighted by atomic mass is 16.5. The Morgan fingerprint density at radius 2 is 2.12 bits per heavy atom. The molecule has 0 radical (unpaired) electrons. The molecule has 1 aromatic carbocycles. The third kappa shape index (κ3) is 1.50. The Morgan fingerprint density at radius 1 is 1.35 bits per heavy atom. The molecular formula is C14H13NO2. The van der Waals surface area contributed by atoms with Crippen molar-refractivity contribution < 1.29 is 9.53 Å². The van der Waals surface area contributed by atoms with Gasteiger partial charge in [0.15, 0.2) is 0 Å². The molecule has 2 aromatic rings. The van der Waals surface area contributed by atoms with Crippen LogP contribution in [0.3, 0.4) is 0 Å². The molecule has 1 heterocycles. The summed E-state index contributed by atoms with van der Waals surface area (Å²) in [6, 6.07) is 9.97. The first kappa shape index (κ1) is 10.3. The van der Waals surface area contributed by atoms with Crippen LogP contribution in [0.15, 0.2) is 36.5 Å². The van der Waals surface area contributed by atoms with Crippen LogP contribution in [0.4, 0.5) is 0 Å². The number of hydrogen-bond donors (Lipinski definition) is 0. The first-order valence-electron chi connectivity index (χ1n) is 5.70. The van der Waals surface area contributed by atoms with E-state index in [0.29, 0.717) is 0 Å². The Balaban J connectivity index is 2.10. The van der Waals surface area contributed by atoms with Crippen molar-refractivity contribution in [2.75, 3.05) is 7.11 Å². The molecule has 1 saturated carbocycles. The van der Waals surface area contributed by atoms with Crippen molar-refractivity contribution in [3.63, 3.8) is 0 Å². The van der Waals surface area contributed by atoms with E-state index in [1.807, 2.05) is 30.3 Å². The summed E-state index contributed by atoms with van der Waals surface area (Å²) in [5, 5.41) is 1.07. The van der Waals surface area contributed by atoms with E-state index in [0.717, 1.165) is 29.3 Å². The summed E-state index contributed by atoms with van der Waals surface area (Å²) in [4.78, 5) is 16.2. The highest BCUT2D eigenvalue weighted by molar-refractivity contribution is 5.88. The van der Waals surface area contributed by atoms with E-state index in [2.05, 4.69) is 4.98 Å². The lowest BCUT2D eigenvalue weighted by Gasteiger charge is -2.12. The van der Waals surface area contributed by atoms with Gasteiger partial charge in [0.1, 0.15) is 0 Å². The van der Waals surface area contributed by atoms with Crippen LogP contribution < -0.4 is 0 Å². The number of nitrogens with zero attached hydrogens (tertiary/aromatic N) is 1. The minimum Gasteiger partial charge on any atom is -0.468 e. The number of benzene rings is 1. The molecule has 3 heteroatoms. The summed E-state index contributed by atoms with van der Waals surface area (Å²) in [6.07, 6.45) is 3.52. The second-order valence-electron chi connectivity index (χ2n) is 4.49. The maximum absolute atomic E-state index is 11.8. The van der Waals surface area contributed by atoms with Crippen LogP contribution in [0.2, 0.25) is 0 Å². The molecule has 17 heavy (non-hydrogen) atoms. The van der Waals surface area contributed by atoms with Gasteiger partial charge in [-0.25, -0.2) is 0 Å². The van der Waals surface area contributed by atoms with Crippen LogP contribution >= 0.6 is 0 Å². The maximum atomic E-state index is 11.8. The van der Waals surface area contributed by atoms with Crippen LogP contribution in [0, 0.1) is 0 Å². The first-order chi connectivity index (χ1) is 8.26. The largest absolute Gasteiger partial charge is 0.468 e. The van der Waals surface area contributed by atoms with E-state index in [1.54, 1.807) is 6.20 Å². The Kier molecular flexibility index (Phi) is 2.15. The van der Waals surface area contributed by atoms with Gasteiger partial charge in [0.05, 0.1) is 18.0 Å². The first-order valence-corrected chi connectivity index (χ1v) is 5.70. The number of carbonyl (C=O) groups excluding carboxylic acids is 1. The normalized spacial score (nSPS) is 16.8. The highest BCUT2D eigenvalue weighted by Gasteiger charge is 2.52. The van der Waals surface area contributed by atoms with Gasteiger partial charge < -0.3 is 4.74 Å². The number of ether oxygens (including phenoxy) is 1. The van der Waals surface area contributed by atoms with E-state index in [9.17, 15) is 4.79 Å². The average Bonchev–Trinajstić information content (AvgIpc) is 3.19. The van der Waals surface area contributed by atoms with Crippen molar-refractivity contribution in [2.45, 2.75) is 18.3 Å². The van der Waals surface area contributed by atoms with E-state index >= 15 is 0 Å². The number of para-hydroxylation sites is 1. The standard InChI is InChI=1S/C14H13NO2/c1-17-13(16)14(6-7-14)11-8-10-4-2-3-5-12(10)15-9-11/h2-5,8-9H,6-7H2,1H3. The predicted octanol–water partition coefficient (Wildman–Crippen LogP) is 2.44. The summed E-state index contributed by atoms with van der Waals surface area (Å²) in [5.41, 5.74) is 1.51. The molecule has 86 valence electrons. The number of carbonyl (C=O) groups is 1. The summed E-state index contributed by atoms with van der Waals surface area (Å²) in [6.45, 7) is 0. The second-order valence-corrected chi connectivity index (χ2v) is 4.49. The number of pyridine rings is 1. The molecule has 1 fully saturated rings. The summed E-state index contributed by atoms with van der Waals surface area (Å²) < 4.78 is 4.88. The monoisotopic (exact) mass is 227 g/mol. The summed E-state index contributed by atoms with van der Waals surface area (Å²) >= 11 is 0. The van der Waals surface area contributed by atoms with E-state index in [1.165, 1.54) is 7.11 Å². The quantitative estimate of drug-likeness (QED) is 0.740. The fraction of sp³-hybridized carbons (Fsp3) is 0.286. The molecule has 0 amide bonds. The predicted molar refractivity (Wildman–Crippen MR) is 64.7 cm³/mol. The molecule has 0 saturated heterocycles. The minimum absolute atomic E-state index is 0.144. The summed E-state index contributed by atoms with van der Waals surface area (Å²) in [7, 11) is 1.44. The Labute approximate surface area is 99.4 Å². The van der Waals surface area contributed by atoms with E-state index in [-0.39, 0.29) is 5.97 Å². The fourth-order valence-electron chi connectivity index (χ4n) is 2.26. The Morgan fingerprint density at radius 3 is 2.82 bits per heavy atom. The average molecular weight is 227 g/mol. The third-order valence-corrected chi connectivity index (χ3v) is 3.47. The molecule has 0 atom stereocenters. The van der Waals surface area contributed by atoms with Gasteiger partial charge in [0, 0.05) is 11.6 Å². The highest BCUT2D eigenvalue weighted by Crippen LogP contribution is 2.49. The molecule has 0 N–H and O–H groups in total. The number of hydrogen-bond acceptors (Lipinski definition) is 3. The zero-order chi connectivity index (χ0) is 11.9. The number of rotatable bonds is 2. The van der Waals surface area contributed by atoms with Crippen molar-refractivity contribution >= 4 is 16.9 Å². The van der Waals surface area contributed by atoms with Crippen LogP contribution in [0.1, 0.15) is 18.4 Å². The number of methoxy groups -OCH3 is 1. The number of aromatic nitrogens is 1. The van der Waals surface area contributed by atoms with Gasteiger partial charge in [0.25, 0.3) is 0 Å². The van der Waals surface area contributed by atoms with E-state index in [4.69, 9.17) is 4.74 Å². The number of esters is 1. The Hall–Kier alpha value is -1.90. The number of fused-ring (bicyclic) bond motifs is 1. The molecule has 0 unspecified atom stereocenters. The minimum atomic E-state index is -0.425. The van der Waals surface area contributed by atoms with Crippen molar-refractivity contribution in [3.05, 3.63) is 42.1 Å². The maximum Gasteiger partial charge on any atom is 0.316 e. The van der Waals surface area contributed by atoms with Crippen LogP contribution in [0.5, 0.6) is 0 Å². The molecule has 0 aliphatic heterocycles. The lowest BCUT2D eigenvalue weighted by atomic mass is 9.96. The van der Waals surface area contributed by atoms with Crippen LogP contribution in [0.25, 0.3) is 10.9 Å². The zero-order valence-electron chi connectivity index (χ0n) is 9.64. The smallest absolute Gasteiger partial charge is 0.316 e. The van der Waals surface area contributed by atoms with Crippen molar-refractivity contribution in [3.8, 4) is 0 Å². The zero-order valence-corrected chi connectivity index (χ0v) is 9.64. The molecule has 1 aliphatic rings. The van der Waals surface area contributed by atoms with Gasteiger partial charge in [-0.1, -0.05) is 18.2 Å². The molecular weight excluding hydrogens is 214 g/mol. The summed E-state index contributed by atoms with van der Waals surface area (Å²) in [5.74, 6) is -0.144. The van der Waals surface area contributed by atoms with Gasteiger partial charge in [-0.2, -0.15) is 0 Å². The van der Waals surface area contributed by atoms with Crippen molar-refractivity contribution in [2.24, 2.45) is 0 Å². The lowest BCUT2D eigenvalue weighted by molar-refractivity contribution is -0.143. The van der Waals surface area contributed by atoms with Gasteiger partial charge in [-0.3, -0.25) is 9.78 Å². The molecule has 3 nitrogen and oxygen atoms in total. The van der Waals surface area contributed by atoms with Gasteiger partial charge in [-0.05, 0) is 30.5 Å². The fourth-order valence-corrected chi connectivity index (χ4v) is 2.26. The molecule has 1 aliphatic carbocycles. The van der Waals surface area contributed by atoms with Crippen LogP contribution in [-0.2, 0) is 14.9 Å². The van der Waals surface area contributed by atoms with Gasteiger partial charge in [-0.15, -0.1) is 0 Å². The van der Waals surface area contributed by atoms with Crippen molar-refractivity contribution in [1.82, 2.24) is 4.98 Å². The third-order valence-electron chi connectivity index (χ3n) is 3.47. The molecule has 3 rings (SSSR count). The lowest BCUT2D eigenvalue weighted by Crippen LogP contribution is -2.21. The topological polar surface area (TPSA) is 39.2 Å².